The molecule has 3 nitrogen and oxygen atoms in total. The molecule has 2 heterocycles. The minimum Gasteiger partial charge on any atom is -0.488 e. The van der Waals surface area contributed by atoms with E-state index in [1.54, 1.807) is 12.1 Å². The average Bonchev–Trinajstić information content (AvgIpc) is 2.81. The fraction of sp³-hybridized carbons (Fsp3) is 0.600. The van der Waals surface area contributed by atoms with E-state index < -0.39 is 0 Å². The van der Waals surface area contributed by atoms with Gasteiger partial charge in [-0.2, -0.15) is 0 Å². The quantitative estimate of drug-likeness (QED) is 0.901. The summed E-state index contributed by atoms with van der Waals surface area (Å²) in [6, 6.07) is 5.46. The van der Waals surface area contributed by atoms with Gasteiger partial charge >= 0.3 is 0 Å². The lowest BCUT2D eigenvalue weighted by molar-refractivity contribution is 0.123. The van der Waals surface area contributed by atoms with Crippen molar-refractivity contribution in [2.75, 3.05) is 26.7 Å². The lowest BCUT2D eigenvalue weighted by atomic mass is 10.0. The van der Waals surface area contributed by atoms with Gasteiger partial charge in [0.1, 0.15) is 17.7 Å². The molecule has 0 bridgehead atoms. The van der Waals surface area contributed by atoms with E-state index >= 15 is 0 Å². The summed E-state index contributed by atoms with van der Waals surface area (Å²) in [7, 11) is 2.17. The third kappa shape index (κ3) is 2.90. The maximum absolute atomic E-state index is 13.2. The van der Waals surface area contributed by atoms with Crippen molar-refractivity contribution in [3.63, 3.8) is 0 Å². The number of benzene rings is 1. The maximum atomic E-state index is 13.2. The number of nitrogens with zero attached hydrogens (tertiary/aromatic N) is 1. The first-order valence-corrected chi connectivity index (χ1v) is 7.08. The molecule has 19 heavy (non-hydrogen) atoms. The van der Waals surface area contributed by atoms with Crippen LogP contribution >= 0.6 is 0 Å². The van der Waals surface area contributed by atoms with Gasteiger partial charge in [0.05, 0.1) is 0 Å². The standard InChI is InChI=1S/C15H21FN2O/c1-18(13-4-6-17-7-5-13)10-14-9-11-8-12(16)2-3-15(11)19-14/h2-3,8,13-14,17H,4-7,9-10H2,1H3. The fourth-order valence-corrected chi connectivity index (χ4v) is 3.11. The molecule has 2 aliphatic rings. The van der Waals surface area contributed by atoms with Crippen LogP contribution in [0.3, 0.4) is 0 Å². The smallest absolute Gasteiger partial charge is 0.123 e. The average molecular weight is 264 g/mol. The largest absolute Gasteiger partial charge is 0.488 e. The van der Waals surface area contributed by atoms with E-state index in [9.17, 15) is 4.39 Å². The predicted molar refractivity (Wildman–Crippen MR) is 73.0 cm³/mol. The summed E-state index contributed by atoms with van der Waals surface area (Å²) < 4.78 is 19.1. The molecule has 2 aliphatic heterocycles. The second kappa shape index (κ2) is 5.47. The zero-order chi connectivity index (χ0) is 13.2. The molecule has 4 heteroatoms. The van der Waals surface area contributed by atoms with Gasteiger partial charge in [0.2, 0.25) is 0 Å². The van der Waals surface area contributed by atoms with E-state index in [0.29, 0.717) is 6.04 Å². The third-order valence-corrected chi connectivity index (χ3v) is 4.19. The van der Waals surface area contributed by atoms with Gasteiger partial charge in [0, 0.05) is 24.6 Å². The minimum atomic E-state index is -0.172. The van der Waals surface area contributed by atoms with Crippen LogP contribution in [0.4, 0.5) is 4.39 Å². The number of rotatable bonds is 3. The van der Waals surface area contributed by atoms with Gasteiger partial charge in [-0.15, -0.1) is 0 Å². The summed E-state index contributed by atoms with van der Waals surface area (Å²) in [5.41, 5.74) is 1.00. The molecular weight excluding hydrogens is 243 g/mol. The van der Waals surface area contributed by atoms with Crippen molar-refractivity contribution in [2.24, 2.45) is 0 Å². The zero-order valence-electron chi connectivity index (χ0n) is 11.4. The van der Waals surface area contributed by atoms with Crippen LogP contribution in [0.15, 0.2) is 18.2 Å². The molecule has 1 aromatic rings. The molecule has 3 rings (SSSR count). The number of halogens is 1. The Balaban J connectivity index is 1.57. The highest BCUT2D eigenvalue weighted by molar-refractivity contribution is 5.37. The zero-order valence-corrected chi connectivity index (χ0v) is 11.4. The molecule has 1 aromatic carbocycles. The van der Waals surface area contributed by atoms with Crippen LogP contribution in [0.2, 0.25) is 0 Å². The monoisotopic (exact) mass is 264 g/mol. The molecular formula is C15H21FN2O. The number of nitrogens with one attached hydrogen (secondary N) is 1. The van der Waals surface area contributed by atoms with Crippen molar-refractivity contribution >= 4 is 0 Å². The number of hydrogen-bond donors (Lipinski definition) is 1. The summed E-state index contributed by atoms with van der Waals surface area (Å²) in [5.74, 6) is 0.680. The van der Waals surface area contributed by atoms with Crippen molar-refractivity contribution in [1.29, 1.82) is 0 Å². The van der Waals surface area contributed by atoms with Gasteiger partial charge in [-0.25, -0.2) is 4.39 Å². The molecule has 1 saturated heterocycles. The molecule has 1 unspecified atom stereocenters. The summed E-state index contributed by atoms with van der Waals surface area (Å²) in [6.07, 6.45) is 3.38. The highest BCUT2D eigenvalue weighted by Crippen LogP contribution is 2.29. The molecule has 1 atom stereocenters. The van der Waals surface area contributed by atoms with E-state index in [-0.39, 0.29) is 11.9 Å². The molecule has 0 aromatic heterocycles. The number of likely N-dealkylation sites (N-methyl/N-ethyl adjacent to an activating group) is 1. The van der Waals surface area contributed by atoms with Crippen LogP contribution in [0.5, 0.6) is 5.75 Å². The highest BCUT2D eigenvalue weighted by atomic mass is 19.1. The Morgan fingerprint density at radius 2 is 2.16 bits per heavy atom. The molecule has 0 spiro atoms. The fourth-order valence-electron chi connectivity index (χ4n) is 3.11. The minimum absolute atomic E-state index is 0.164. The second-order valence-electron chi connectivity index (χ2n) is 5.62. The lowest BCUT2D eigenvalue weighted by Crippen LogP contribution is -2.44. The Kier molecular flexibility index (Phi) is 3.71. The first kappa shape index (κ1) is 12.9. The van der Waals surface area contributed by atoms with Crippen LogP contribution < -0.4 is 10.1 Å². The Morgan fingerprint density at radius 3 is 2.95 bits per heavy atom. The highest BCUT2D eigenvalue weighted by Gasteiger charge is 2.27. The summed E-state index contributed by atoms with van der Waals surface area (Å²) in [5, 5.41) is 3.38. The molecule has 0 radical (unpaired) electrons. The Morgan fingerprint density at radius 1 is 1.37 bits per heavy atom. The Bertz CT molecular complexity index is 446. The maximum Gasteiger partial charge on any atom is 0.123 e. The second-order valence-corrected chi connectivity index (χ2v) is 5.62. The van der Waals surface area contributed by atoms with Crippen molar-refractivity contribution in [1.82, 2.24) is 10.2 Å². The number of ether oxygens (including phenoxy) is 1. The summed E-state index contributed by atoms with van der Waals surface area (Å²) in [6.45, 7) is 3.12. The van der Waals surface area contributed by atoms with E-state index in [2.05, 4.69) is 17.3 Å². The molecule has 0 saturated carbocycles. The van der Waals surface area contributed by atoms with Crippen LogP contribution in [-0.4, -0.2) is 43.7 Å². The molecule has 0 amide bonds. The SMILES string of the molecule is CN(CC1Cc2cc(F)ccc2O1)C1CCNCC1. The van der Waals surface area contributed by atoms with E-state index in [1.807, 2.05) is 0 Å². The molecule has 1 fully saturated rings. The van der Waals surface area contributed by atoms with Crippen LogP contribution in [-0.2, 0) is 6.42 Å². The summed E-state index contributed by atoms with van der Waals surface area (Å²) >= 11 is 0. The molecule has 104 valence electrons. The predicted octanol–water partition coefficient (Wildman–Crippen LogP) is 1.81. The third-order valence-electron chi connectivity index (χ3n) is 4.19. The number of hydrogen-bond acceptors (Lipinski definition) is 3. The summed E-state index contributed by atoms with van der Waals surface area (Å²) in [4.78, 5) is 2.40. The first-order chi connectivity index (χ1) is 9.22. The lowest BCUT2D eigenvalue weighted by Gasteiger charge is -2.32. The van der Waals surface area contributed by atoms with Gasteiger partial charge in [-0.3, -0.25) is 4.90 Å². The molecule has 1 N–H and O–H groups in total. The van der Waals surface area contributed by atoms with Gasteiger partial charge < -0.3 is 10.1 Å². The van der Waals surface area contributed by atoms with Crippen molar-refractivity contribution in [3.8, 4) is 5.75 Å². The van der Waals surface area contributed by atoms with E-state index in [0.717, 1.165) is 37.4 Å². The van der Waals surface area contributed by atoms with Crippen molar-refractivity contribution < 1.29 is 9.13 Å². The normalized spacial score (nSPS) is 23.4. The van der Waals surface area contributed by atoms with E-state index in [1.165, 1.54) is 18.9 Å². The van der Waals surface area contributed by atoms with Crippen LogP contribution in [0.25, 0.3) is 0 Å². The number of fused-ring (bicyclic) bond motifs is 1. The Hall–Kier alpha value is -1.13. The van der Waals surface area contributed by atoms with Gasteiger partial charge in [-0.1, -0.05) is 0 Å². The van der Waals surface area contributed by atoms with Crippen LogP contribution in [0.1, 0.15) is 18.4 Å². The van der Waals surface area contributed by atoms with Crippen molar-refractivity contribution in [3.05, 3.63) is 29.6 Å². The van der Waals surface area contributed by atoms with E-state index in [4.69, 9.17) is 4.74 Å². The van der Waals surface area contributed by atoms with Crippen molar-refractivity contribution in [2.45, 2.75) is 31.4 Å². The van der Waals surface area contributed by atoms with Gasteiger partial charge in [0.15, 0.2) is 0 Å². The van der Waals surface area contributed by atoms with Crippen LogP contribution in [0, 0.1) is 5.82 Å². The number of piperidine rings is 1. The van der Waals surface area contributed by atoms with Gasteiger partial charge in [0.25, 0.3) is 0 Å². The first-order valence-electron chi connectivity index (χ1n) is 7.08. The molecule has 0 aliphatic carbocycles. The van der Waals surface area contributed by atoms with Gasteiger partial charge in [-0.05, 0) is 51.2 Å². The topological polar surface area (TPSA) is 24.5 Å². The Labute approximate surface area is 113 Å².